The number of aliphatic carboxylic acids is 1. The van der Waals surface area contributed by atoms with Crippen molar-refractivity contribution in [2.75, 3.05) is 19.8 Å². The first-order valence-electron chi connectivity index (χ1n) is 6.39. The number of hydrogen-bond donors (Lipinski definition) is 3. The zero-order valence-corrected chi connectivity index (χ0v) is 11.0. The molecule has 1 heterocycles. The van der Waals surface area contributed by atoms with E-state index in [1.807, 2.05) is 6.92 Å². The van der Waals surface area contributed by atoms with Gasteiger partial charge in [0.25, 0.3) is 0 Å². The highest BCUT2D eigenvalue weighted by Gasteiger charge is 2.43. The van der Waals surface area contributed by atoms with Gasteiger partial charge < -0.3 is 20.5 Å². The van der Waals surface area contributed by atoms with Crippen LogP contribution in [0.2, 0.25) is 0 Å². The molecule has 0 saturated carbocycles. The average molecular weight is 272 g/mol. The van der Waals surface area contributed by atoms with Crippen molar-refractivity contribution in [2.24, 2.45) is 0 Å². The lowest BCUT2D eigenvalue weighted by Gasteiger charge is -2.23. The summed E-state index contributed by atoms with van der Waals surface area (Å²) in [7, 11) is 0. The van der Waals surface area contributed by atoms with Gasteiger partial charge in [0.1, 0.15) is 0 Å². The summed E-state index contributed by atoms with van der Waals surface area (Å²) in [5.74, 6) is -1.75. The first-order valence-corrected chi connectivity index (χ1v) is 6.39. The average Bonchev–Trinajstić information content (AvgIpc) is 2.83. The number of hydrogen-bond acceptors (Lipinski definition) is 4. The summed E-state index contributed by atoms with van der Waals surface area (Å²) in [6.45, 7) is 2.79. The van der Waals surface area contributed by atoms with Gasteiger partial charge in [-0.3, -0.25) is 9.59 Å². The molecule has 3 N–H and O–H groups in total. The summed E-state index contributed by atoms with van der Waals surface area (Å²) in [5, 5.41) is 14.2. The smallest absolute Gasteiger partial charge is 0.331 e. The van der Waals surface area contributed by atoms with Gasteiger partial charge >= 0.3 is 5.97 Å². The molecular weight excluding hydrogens is 252 g/mol. The molecule has 0 aromatic carbocycles. The van der Waals surface area contributed by atoms with Crippen LogP contribution >= 0.6 is 0 Å². The van der Waals surface area contributed by atoms with Crippen LogP contribution in [-0.4, -0.2) is 48.2 Å². The second-order valence-electron chi connectivity index (χ2n) is 4.59. The van der Waals surface area contributed by atoms with Crippen molar-refractivity contribution in [2.45, 2.75) is 38.1 Å². The van der Waals surface area contributed by atoms with Crippen molar-refractivity contribution in [3.63, 3.8) is 0 Å². The van der Waals surface area contributed by atoms with Crippen molar-refractivity contribution in [1.82, 2.24) is 10.6 Å². The lowest BCUT2D eigenvalue weighted by atomic mass is 9.98. The molecule has 1 fully saturated rings. The first-order chi connectivity index (χ1) is 9.00. The number of amides is 2. The van der Waals surface area contributed by atoms with Crippen LogP contribution in [0.4, 0.5) is 0 Å². The molecule has 19 heavy (non-hydrogen) atoms. The van der Waals surface area contributed by atoms with E-state index in [-0.39, 0.29) is 31.8 Å². The molecule has 0 spiro atoms. The fraction of sp³-hybridized carbons (Fsp3) is 0.750. The van der Waals surface area contributed by atoms with Crippen molar-refractivity contribution in [3.05, 3.63) is 0 Å². The Morgan fingerprint density at radius 3 is 2.47 bits per heavy atom. The van der Waals surface area contributed by atoms with E-state index in [1.54, 1.807) is 0 Å². The van der Waals surface area contributed by atoms with Gasteiger partial charge in [-0.1, -0.05) is 6.92 Å². The fourth-order valence-corrected chi connectivity index (χ4v) is 1.79. The van der Waals surface area contributed by atoms with Crippen LogP contribution in [0.3, 0.4) is 0 Å². The molecule has 1 unspecified atom stereocenters. The van der Waals surface area contributed by atoms with Gasteiger partial charge in [0, 0.05) is 32.4 Å². The normalized spacial score (nSPS) is 21.9. The van der Waals surface area contributed by atoms with Crippen LogP contribution in [0.25, 0.3) is 0 Å². The molecule has 1 aliphatic heterocycles. The topological polar surface area (TPSA) is 105 Å². The summed E-state index contributed by atoms with van der Waals surface area (Å²) in [5.41, 5.74) is -1.34. The maximum atomic E-state index is 11.7. The van der Waals surface area contributed by atoms with E-state index < -0.39 is 17.4 Å². The number of ether oxygens (including phenoxy) is 1. The minimum absolute atomic E-state index is 0.0232. The molecule has 1 aliphatic rings. The zero-order chi connectivity index (χ0) is 14.3. The standard InChI is InChI=1S/C12H20N2O5/c1-2-6-13-9(15)3-4-10(16)14-12(11(17)18)5-7-19-8-12/h2-8H2,1H3,(H,13,15)(H,14,16)(H,17,18). The van der Waals surface area contributed by atoms with E-state index in [4.69, 9.17) is 9.84 Å². The molecule has 1 atom stereocenters. The van der Waals surface area contributed by atoms with Crippen LogP contribution in [0, 0.1) is 0 Å². The van der Waals surface area contributed by atoms with Crippen LogP contribution in [0.15, 0.2) is 0 Å². The van der Waals surface area contributed by atoms with Gasteiger partial charge in [-0.15, -0.1) is 0 Å². The van der Waals surface area contributed by atoms with Crippen LogP contribution in [0.5, 0.6) is 0 Å². The number of rotatable bonds is 7. The first kappa shape index (κ1) is 15.4. The Morgan fingerprint density at radius 2 is 1.95 bits per heavy atom. The van der Waals surface area contributed by atoms with E-state index in [2.05, 4.69) is 10.6 Å². The van der Waals surface area contributed by atoms with Gasteiger partial charge in [0.15, 0.2) is 5.54 Å². The third-order valence-corrected chi connectivity index (χ3v) is 2.96. The summed E-state index contributed by atoms with van der Waals surface area (Å²) >= 11 is 0. The van der Waals surface area contributed by atoms with Crippen LogP contribution in [-0.2, 0) is 19.1 Å². The molecule has 7 heteroatoms. The van der Waals surface area contributed by atoms with Crippen molar-refractivity contribution in [1.29, 1.82) is 0 Å². The molecule has 0 aromatic rings. The molecule has 0 aromatic heterocycles. The molecule has 1 saturated heterocycles. The maximum absolute atomic E-state index is 11.7. The Balaban J connectivity index is 2.37. The van der Waals surface area contributed by atoms with E-state index in [0.717, 1.165) is 6.42 Å². The van der Waals surface area contributed by atoms with E-state index in [0.29, 0.717) is 13.2 Å². The highest BCUT2D eigenvalue weighted by molar-refractivity contribution is 5.89. The SMILES string of the molecule is CCCNC(=O)CCC(=O)NC1(C(=O)O)CCOC1. The van der Waals surface area contributed by atoms with Gasteiger partial charge in [-0.05, 0) is 6.42 Å². The van der Waals surface area contributed by atoms with Crippen molar-refractivity contribution >= 4 is 17.8 Å². The second kappa shape index (κ2) is 7.08. The lowest BCUT2D eigenvalue weighted by molar-refractivity contribution is -0.147. The summed E-state index contributed by atoms with van der Waals surface area (Å²) in [6, 6.07) is 0. The second-order valence-corrected chi connectivity index (χ2v) is 4.59. The third kappa shape index (κ3) is 4.51. The minimum Gasteiger partial charge on any atom is -0.479 e. The predicted molar refractivity (Wildman–Crippen MR) is 66.5 cm³/mol. The molecule has 2 amide bonds. The van der Waals surface area contributed by atoms with Crippen molar-refractivity contribution < 1.29 is 24.2 Å². The highest BCUT2D eigenvalue weighted by atomic mass is 16.5. The number of carboxylic acid groups (broad SMARTS) is 1. The molecule has 0 bridgehead atoms. The highest BCUT2D eigenvalue weighted by Crippen LogP contribution is 2.19. The molecule has 108 valence electrons. The van der Waals surface area contributed by atoms with Gasteiger partial charge in [-0.2, -0.15) is 0 Å². The Bertz CT molecular complexity index is 350. The lowest BCUT2D eigenvalue weighted by Crippen LogP contribution is -2.55. The minimum atomic E-state index is -1.34. The summed E-state index contributed by atoms with van der Waals surface area (Å²) < 4.78 is 5.03. The van der Waals surface area contributed by atoms with Gasteiger partial charge in [-0.25, -0.2) is 4.79 Å². The zero-order valence-electron chi connectivity index (χ0n) is 11.0. The summed E-state index contributed by atoms with van der Waals surface area (Å²) in [6.07, 6.45) is 1.11. The Hall–Kier alpha value is -1.63. The maximum Gasteiger partial charge on any atom is 0.331 e. The van der Waals surface area contributed by atoms with Gasteiger partial charge in [0.2, 0.25) is 11.8 Å². The van der Waals surface area contributed by atoms with E-state index in [1.165, 1.54) is 0 Å². The third-order valence-electron chi connectivity index (χ3n) is 2.96. The number of carboxylic acids is 1. The Kier molecular flexibility index (Phi) is 5.75. The molecule has 7 nitrogen and oxygen atoms in total. The van der Waals surface area contributed by atoms with Crippen LogP contribution < -0.4 is 10.6 Å². The summed E-state index contributed by atoms with van der Waals surface area (Å²) in [4.78, 5) is 34.2. The quantitative estimate of drug-likeness (QED) is 0.587. The molecule has 0 radical (unpaired) electrons. The predicted octanol–water partition coefficient (Wildman–Crippen LogP) is -0.347. The van der Waals surface area contributed by atoms with E-state index >= 15 is 0 Å². The van der Waals surface area contributed by atoms with E-state index in [9.17, 15) is 14.4 Å². The van der Waals surface area contributed by atoms with Crippen molar-refractivity contribution in [3.8, 4) is 0 Å². The molecule has 0 aliphatic carbocycles. The van der Waals surface area contributed by atoms with Crippen LogP contribution in [0.1, 0.15) is 32.6 Å². The number of nitrogens with one attached hydrogen (secondary N) is 2. The Morgan fingerprint density at radius 1 is 1.26 bits per heavy atom. The largest absolute Gasteiger partial charge is 0.479 e. The fourth-order valence-electron chi connectivity index (χ4n) is 1.79. The monoisotopic (exact) mass is 272 g/mol. The number of carbonyl (C=O) groups excluding carboxylic acids is 2. The molecule has 1 rings (SSSR count). The molecular formula is C12H20N2O5. The number of carbonyl (C=O) groups is 3. The van der Waals surface area contributed by atoms with Gasteiger partial charge in [0.05, 0.1) is 6.61 Å². The Labute approximate surface area is 111 Å².